The van der Waals surface area contributed by atoms with E-state index in [0.29, 0.717) is 27.0 Å². The van der Waals surface area contributed by atoms with Gasteiger partial charge in [0.05, 0.1) is 0 Å². The van der Waals surface area contributed by atoms with Gasteiger partial charge in [-0.25, -0.2) is 9.59 Å². The maximum absolute atomic E-state index is 12.7. The normalized spacial score (nSPS) is 16.2. The zero-order chi connectivity index (χ0) is 19.2. The van der Waals surface area contributed by atoms with Crippen molar-refractivity contribution in [3.8, 4) is 0 Å². The van der Waals surface area contributed by atoms with Crippen molar-refractivity contribution in [3.63, 3.8) is 0 Å². The molecule has 136 valence electrons. The molecule has 1 aromatic heterocycles. The van der Waals surface area contributed by atoms with Gasteiger partial charge < -0.3 is 13.9 Å². The van der Waals surface area contributed by atoms with Gasteiger partial charge in [0.25, 0.3) is 5.79 Å². The van der Waals surface area contributed by atoms with E-state index >= 15 is 0 Å². The molecule has 0 bridgehead atoms. The fourth-order valence-electron chi connectivity index (χ4n) is 3.02. The van der Waals surface area contributed by atoms with Gasteiger partial charge in [0.15, 0.2) is 5.57 Å². The number of hydrogen-bond acceptors (Lipinski definition) is 5. The number of hydrogen-bond donors (Lipinski definition) is 0. The Kier molecular flexibility index (Phi) is 4.15. The maximum Gasteiger partial charge on any atom is 0.349 e. The van der Waals surface area contributed by atoms with Crippen LogP contribution in [0.25, 0.3) is 16.5 Å². The number of benzene rings is 2. The molecule has 5 nitrogen and oxygen atoms in total. The summed E-state index contributed by atoms with van der Waals surface area (Å²) in [4.78, 5) is 25.4. The van der Waals surface area contributed by atoms with Crippen LogP contribution in [0.15, 0.2) is 69.1 Å². The summed E-state index contributed by atoms with van der Waals surface area (Å²) in [6.07, 6.45) is 0. The van der Waals surface area contributed by atoms with Crippen molar-refractivity contribution in [2.45, 2.75) is 19.6 Å². The quantitative estimate of drug-likeness (QED) is 0.333. The van der Waals surface area contributed by atoms with Crippen LogP contribution in [0.2, 0.25) is 0 Å². The first-order chi connectivity index (χ1) is 12.9. The van der Waals surface area contributed by atoms with Crippen molar-refractivity contribution in [1.82, 2.24) is 0 Å². The fourth-order valence-corrected chi connectivity index (χ4v) is 3.50. The molecule has 1 fully saturated rings. The minimum Gasteiger partial charge on any atom is -0.456 e. The number of rotatable bonds is 2. The van der Waals surface area contributed by atoms with Crippen molar-refractivity contribution in [2.24, 2.45) is 0 Å². The zero-order valence-electron chi connectivity index (χ0n) is 14.6. The smallest absolute Gasteiger partial charge is 0.349 e. The van der Waals surface area contributed by atoms with Gasteiger partial charge in [0, 0.05) is 34.8 Å². The van der Waals surface area contributed by atoms with Crippen LogP contribution in [0, 0.1) is 0 Å². The molecule has 0 radical (unpaired) electrons. The van der Waals surface area contributed by atoms with Crippen molar-refractivity contribution in [3.05, 3.63) is 76.0 Å². The number of ether oxygens (including phenoxy) is 2. The molecule has 27 heavy (non-hydrogen) atoms. The number of halogens is 1. The summed E-state index contributed by atoms with van der Waals surface area (Å²) in [5.74, 6) is -2.43. The Morgan fingerprint density at radius 3 is 2.22 bits per heavy atom. The third kappa shape index (κ3) is 3.17. The Bertz CT molecular complexity index is 1050. The largest absolute Gasteiger partial charge is 0.456 e. The third-order valence-corrected chi connectivity index (χ3v) is 4.84. The number of fused-ring (bicyclic) bond motifs is 1. The first-order valence-corrected chi connectivity index (χ1v) is 9.10. The Labute approximate surface area is 163 Å². The van der Waals surface area contributed by atoms with Gasteiger partial charge in [-0.1, -0.05) is 52.3 Å². The van der Waals surface area contributed by atoms with Gasteiger partial charge >= 0.3 is 11.9 Å². The van der Waals surface area contributed by atoms with Gasteiger partial charge in [-0.2, -0.15) is 0 Å². The van der Waals surface area contributed by atoms with Crippen LogP contribution in [-0.4, -0.2) is 17.7 Å². The summed E-state index contributed by atoms with van der Waals surface area (Å²) in [6, 6.07) is 16.5. The summed E-state index contributed by atoms with van der Waals surface area (Å²) < 4.78 is 17.2. The lowest BCUT2D eigenvalue weighted by atomic mass is 9.96. The summed E-state index contributed by atoms with van der Waals surface area (Å²) in [6.45, 7) is 3.03. The van der Waals surface area contributed by atoms with E-state index in [1.54, 1.807) is 12.1 Å². The van der Waals surface area contributed by atoms with Gasteiger partial charge in [-0.3, -0.25) is 0 Å². The van der Waals surface area contributed by atoms with Gasteiger partial charge in [0.2, 0.25) is 0 Å². The highest BCUT2D eigenvalue weighted by Gasteiger charge is 2.42. The molecular formula is C21H15BrO5. The lowest BCUT2D eigenvalue weighted by Crippen LogP contribution is -2.42. The highest BCUT2D eigenvalue weighted by molar-refractivity contribution is 9.10. The minimum atomic E-state index is -1.31. The van der Waals surface area contributed by atoms with E-state index in [1.165, 1.54) is 13.8 Å². The Morgan fingerprint density at radius 1 is 0.926 bits per heavy atom. The molecule has 4 rings (SSSR count). The Morgan fingerprint density at radius 2 is 1.56 bits per heavy atom. The average Bonchev–Trinajstić information content (AvgIpc) is 3.01. The van der Waals surface area contributed by atoms with Gasteiger partial charge in [0.1, 0.15) is 11.3 Å². The van der Waals surface area contributed by atoms with E-state index in [2.05, 4.69) is 15.9 Å². The van der Waals surface area contributed by atoms with Crippen molar-refractivity contribution >= 4 is 44.4 Å². The van der Waals surface area contributed by atoms with Crippen molar-refractivity contribution < 1.29 is 23.5 Å². The summed E-state index contributed by atoms with van der Waals surface area (Å²) in [5, 5.41) is 0.857. The molecule has 0 atom stereocenters. The van der Waals surface area contributed by atoms with Gasteiger partial charge in [-0.15, -0.1) is 0 Å². The molecule has 0 saturated carbocycles. The first-order valence-electron chi connectivity index (χ1n) is 8.30. The van der Waals surface area contributed by atoms with E-state index in [9.17, 15) is 9.59 Å². The molecule has 0 spiro atoms. The predicted octanol–water partition coefficient (Wildman–Crippen LogP) is 4.83. The van der Waals surface area contributed by atoms with E-state index in [4.69, 9.17) is 13.9 Å². The summed E-state index contributed by atoms with van der Waals surface area (Å²) in [7, 11) is 0. The second kappa shape index (κ2) is 6.39. The lowest BCUT2D eigenvalue weighted by molar-refractivity contribution is -0.222. The fraction of sp³-hybridized carbons (Fsp3) is 0.143. The molecule has 3 aromatic rings. The Hall–Kier alpha value is -2.86. The minimum absolute atomic E-state index is 0.194. The second-order valence-electron chi connectivity index (χ2n) is 6.56. The monoisotopic (exact) mass is 426 g/mol. The molecule has 1 aliphatic rings. The number of carbonyl (C=O) groups is 2. The van der Waals surface area contributed by atoms with Crippen molar-refractivity contribution in [2.75, 3.05) is 0 Å². The van der Waals surface area contributed by atoms with E-state index < -0.39 is 17.7 Å². The molecule has 0 N–H and O–H groups in total. The van der Waals surface area contributed by atoms with Crippen LogP contribution in [0.4, 0.5) is 0 Å². The van der Waals surface area contributed by atoms with E-state index in [0.717, 1.165) is 5.39 Å². The topological polar surface area (TPSA) is 65.7 Å². The predicted molar refractivity (Wildman–Crippen MR) is 103 cm³/mol. The number of furan rings is 1. The number of carbonyl (C=O) groups excluding carboxylic acids is 2. The van der Waals surface area contributed by atoms with Crippen LogP contribution in [-0.2, 0) is 19.1 Å². The van der Waals surface area contributed by atoms with Crippen LogP contribution < -0.4 is 0 Å². The van der Waals surface area contributed by atoms with Crippen LogP contribution in [0.5, 0.6) is 0 Å². The SMILES string of the molecule is CC1(C)OC(=O)C(=C(c2cc3ccccc3o2)c2ccccc2Br)C(=O)O1. The number of esters is 2. The van der Waals surface area contributed by atoms with Crippen molar-refractivity contribution in [1.29, 1.82) is 0 Å². The number of para-hydroxylation sites is 1. The summed E-state index contributed by atoms with van der Waals surface area (Å²) in [5.41, 5.74) is 1.40. The molecule has 0 unspecified atom stereocenters. The van der Waals surface area contributed by atoms with E-state index in [-0.39, 0.29) is 5.57 Å². The van der Waals surface area contributed by atoms with Crippen LogP contribution in [0.3, 0.4) is 0 Å². The molecule has 1 aliphatic heterocycles. The zero-order valence-corrected chi connectivity index (χ0v) is 16.2. The first kappa shape index (κ1) is 17.5. The van der Waals surface area contributed by atoms with E-state index in [1.807, 2.05) is 42.5 Å². The lowest BCUT2D eigenvalue weighted by Gasteiger charge is -2.30. The molecule has 2 aromatic carbocycles. The standard InChI is InChI=1S/C21H15BrO5/c1-21(2)26-19(23)18(20(24)27-21)17(13-8-4-5-9-14(13)22)16-11-12-7-3-6-10-15(12)25-16/h3-11H,1-2H3. The molecule has 1 saturated heterocycles. The molecule has 6 heteroatoms. The highest BCUT2D eigenvalue weighted by atomic mass is 79.9. The average molecular weight is 427 g/mol. The molecule has 0 amide bonds. The second-order valence-corrected chi connectivity index (χ2v) is 7.41. The maximum atomic E-state index is 12.7. The van der Waals surface area contributed by atoms with Crippen LogP contribution >= 0.6 is 15.9 Å². The Balaban J connectivity index is 2.01. The van der Waals surface area contributed by atoms with Gasteiger partial charge in [-0.05, 0) is 18.2 Å². The highest BCUT2D eigenvalue weighted by Crippen LogP contribution is 2.38. The summed E-state index contributed by atoms with van der Waals surface area (Å²) >= 11 is 3.49. The third-order valence-electron chi connectivity index (χ3n) is 4.15. The van der Waals surface area contributed by atoms with Crippen LogP contribution in [0.1, 0.15) is 25.2 Å². The number of cyclic esters (lactones) is 2. The molecule has 0 aliphatic carbocycles. The molecular weight excluding hydrogens is 412 g/mol. The molecule has 2 heterocycles.